The van der Waals surface area contributed by atoms with Crippen molar-refractivity contribution in [1.29, 1.82) is 0 Å². The van der Waals surface area contributed by atoms with Gasteiger partial charge in [0, 0.05) is 68.4 Å². The van der Waals surface area contributed by atoms with Crippen LogP contribution in [-0.2, 0) is 0 Å². The first-order valence-electron chi connectivity index (χ1n) is 12.5. The predicted molar refractivity (Wildman–Crippen MR) is 154 cm³/mol. The summed E-state index contributed by atoms with van der Waals surface area (Å²) in [5.41, 5.74) is 8.63. The molecular formula is C33H19N5. The topological polar surface area (TPSA) is 64.5 Å². The molecule has 0 fully saturated rings. The lowest BCUT2D eigenvalue weighted by molar-refractivity contribution is 1.33. The summed E-state index contributed by atoms with van der Waals surface area (Å²) in [6, 6.07) is 31.1. The first-order valence-corrected chi connectivity index (χ1v) is 12.5. The molecule has 5 nitrogen and oxygen atoms in total. The molecule has 0 bridgehead atoms. The smallest absolute Gasteiger partial charge is 0.0978 e. The average Bonchev–Trinajstić information content (AvgIpc) is 2.99. The maximum absolute atomic E-state index is 5.02. The van der Waals surface area contributed by atoms with E-state index in [-0.39, 0.29) is 0 Å². The molecule has 0 radical (unpaired) electrons. The third-order valence-corrected chi connectivity index (χ3v) is 7.21. The normalized spacial score (nSPS) is 11.7. The molecule has 0 saturated heterocycles. The fourth-order valence-electron chi connectivity index (χ4n) is 5.49. The van der Waals surface area contributed by atoms with Crippen LogP contribution in [0.5, 0.6) is 0 Å². The second-order valence-electron chi connectivity index (χ2n) is 9.37. The minimum atomic E-state index is 0.886. The lowest BCUT2D eigenvalue weighted by atomic mass is 9.95. The van der Waals surface area contributed by atoms with Gasteiger partial charge in [-0.05, 0) is 36.4 Å². The maximum Gasteiger partial charge on any atom is 0.0978 e. The molecular weight excluding hydrogens is 466 g/mol. The zero-order valence-corrected chi connectivity index (χ0v) is 20.2. The standard InChI is InChI=1S/C33H19N5/c1-2-10-28-24(8-1)29(25-13-11-20-6-3-15-34-30(20)33(25)38-28)22-12-14-27(37-19-22)26-18-21-7-4-16-35-31(21)32-23(26)9-5-17-36-32/h1-19H. The van der Waals surface area contributed by atoms with Crippen LogP contribution in [0.2, 0.25) is 0 Å². The van der Waals surface area contributed by atoms with Crippen molar-refractivity contribution in [1.82, 2.24) is 24.9 Å². The molecule has 0 amide bonds. The second kappa shape index (κ2) is 8.11. The van der Waals surface area contributed by atoms with Crippen LogP contribution in [0.4, 0.5) is 0 Å². The number of benzene rings is 3. The van der Waals surface area contributed by atoms with Gasteiger partial charge in [-0.25, -0.2) is 4.98 Å². The van der Waals surface area contributed by atoms with Crippen molar-refractivity contribution >= 4 is 54.5 Å². The first kappa shape index (κ1) is 20.9. The number of para-hydroxylation sites is 1. The molecule has 0 N–H and O–H groups in total. The van der Waals surface area contributed by atoms with Crippen LogP contribution >= 0.6 is 0 Å². The molecule has 3 aromatic carbocycles. The lowest BCUT2D eigenvalue weighted by Crippen LogP contribution is -1.93. The van der Waals surface area contributed by atoms with E-state index in [1.807, 2.05) is 49.1 Å². The van der Waals surface area contributed by atoms with Gasteiger partial charge in [0.25, 0.3) is 0 Å². The lowest BCUT2D eigenvalue weighted by Gasteiger charge is -2.13. The predicted octanol–water partition coefficient (Wildman–Crippen LogP) is 7.76. The Labute approximate surface area is 217 Å². The van der Waals surface area contributed by atoms with Gasteiger partial charge in [0.2, 0.25) is 0 Å². The first-order chi connectivity index (χ1) is 18.8. The van der Waals surface area contributed by atoms with Crippen molar-refractivity contribution in [3.05, 3.63) is 116 Å². The van der Waals surface area contributed by atoms with Crippen LogP contribution in [0, 0.1) is 0 Å². The fourth-order valence-corrected chi connectivity index (χ4v) is 5.49. The number of hydrogen-bond acceptors (Lipinski definition) is 5. The summed E-state index contributed by atoms with van der Waals surface area (Å²) in [5, 5.41) is 5.32. The Morgan fingerprint density at radius 3 is 2.05 bits per heavy atom. The molecule has 38 heavy (non-hydrogen) atoms. The monoisotopic (exact) mass is 485 g/mol. The molecule has 5 aromatic heterocycles. The van der Waals surface area contributed by atoms with Crippen molar-refractivity contribution in [2.24, 2.45) is 0 Å². The van der Waals surface area contributed by atoms with E-state index in [9.17, 15) is 0 Å². The number of rotatable bonds is 2. The highest BCUT2D eigenvalue weighted by Gasteiger charge is 2.16. The zero-order valence-electron chi connectivity index (χ0n) is 20.2. The van der Waals surface area contributed by atoms with Crippen LogP contribution in [-0.4, -0.2) is 24.9 Å². The van der Waals surface area contributed by atoms with E-state index in [2.05, 4.69) is 81.7 Å². The molecule has 0 aliphatic carbocycles. The van der Waals surface area contributed by atoms with Crippen LogP contribution in [0.15, 0.2) is 116 Å². The number of fused-ring (bicyclic) bond motifs is 7. The highest BCUT2D eigenvalue weighted by molar-refractivity contribution is 6.16. The van der Waals surface area contributed by atoms with E-state index < -0.39 is 0 Å². The summed E-state index contributed by atoms with van der Waals surface area (Å²) in [7, 11) is 0. The van der Waals surface area contributed by atoms with Crippen molar-refractivity contribution in [2.45, 2.75) is 0 Å². The summed E-state index contributed by atoms with van der Waals surface area (Å²) >= 11 is 0. The van der Waals surface area contributed by atoms with Gasteiger partial charge >= 0.3 is 0 Å². The molecule has 0 unspecified atom stereocenters. The van der Waals surface area contributed by atoms with E-state index in [4.69, 9.17) is 9.97 Å². The van der Waals surface area contributed by atoms with Gasteiger partial charge in [0.1, 0.15) is 0 Å². The maximum atomic E-state index is 5.02. The summed E-state index contributed by atoms with van der Waals surface area (Å²) < 4.78 is 0. The third-order valence-electron chi connectivity index (χ3n) is 7.21. The van der Waals surface area contributed by atoms with Crippen LogP contribution in [0.1, 0.15) is 0 Å². The van der Waals surface area contributed by atoms with Crippen molar-refractivity contribution in [3.63, 3.8) is 0 Å². The Kier molecular flexibility index (Phi) is 4.45. The Morgan fingerprint density at radius 1 is 0.474 bits per heavy atom. The van der Waals surface area contributed by atoms with Crippen LogP contribution in [0.3, 0.4) is 0 Å². The third kappa shape index (κ3) is 3.09. The number of nitrogens with zero attached hydrogens (tertiary/aromatic N) is 5. The average molecular weight is 486 g/mol. The van der Waals surface area contributed by atoms with Gasteiger partial charge in [-0.15, -0.1) is 0 Å². The van der Waals surface area contributed by atoms with Crippen molar-refractivity contribution in [2.75, 3.05) is 0 Å². The summed E-state index contributed by atoms with van der Waals surface area (Å²) in [5.74, 6) is 0. The SMILES string of the molecule is c1cnc2c(c1)cc(-c1ccc(-c3c4ccccc4nc4c3ccc3cccnc34)cn1)c1cccnc12. The van der Waals surface area contributed by atoms with Gasteiger partial charge in [-0.2, -0.15) is 0 Å². The van der Waals surface area contributed by atoms with Crippen molar-refractivity contribution < 1.29 is 0 Å². The van der Waals surface area contributed by atoms with Gasteiger partial charge in [0.05, 0.1) is 33.3 Å². The van der Waals surface area contributed by atoms with Gasteiger partial charge < -0.3 is 0 Å². The van der Waals surface area contributed by atoms with E-state index >= 15 is 0 Å². The molecule has 0 aliphatic heterocycles. The minimum absolute atomic E-state index is 0.886. The van der Waals surface area contributed by atoms with E-state index in [0.29, 0.717) is 0 Å². The van der Waals surface area contributed by atoms with E-state index in [1.54, 1.807) is 0 Å². The summed E-state index contributed by atoms with van der Waals surface area (Å²) in [6.45, 7) is 0. The van der Waals surface area contributed by atoms with Gasteiger partial charge in [-0.3, -0.25) is 19.9 Å². The fraction of sp³-hybridized carbons (Fsp3) is 0. The largest absolute Gasteiger partial charge is 0.256 e. The number of hydrogen-bond donors (Lipinski definition) is 0. The van der Waals surface area contributed by atoms with Gasteiger partial charge in [0.15, 0.2) is 0 Å². The van der Waals surface area contributed by atoms with E-state index in [0.717, 1.165) is 76.9 Å². The zero-order chi connectivity index (χ0) is 25.1. The molecule has 176 valence electrons. The van der Waals surface area contributed by atoms with Crippen LogP contribution < -0.4 is 0 Å². The van der Waals surface area contributed by atoms with Crippen molar-refractivity contribution in [3.8, 4) is 22.4 Å². The Balaban J connectivity index is 1.37. The van der Waals surface area contributed by atoms with E-state index in [1.165, 1.54) is 0 Å². The Morgan fingerprint density at radius 2 is 1.21 bits per heavy atom. The molecule has 0 atom stereocenters. The van der Waals surface area contributed by atoms with Crippen LogP contribution in [0.25, 0.3) is 76.9 Å². The molecule has 5 heteroatoms. The highest BCUT2D eigenvalue weighted by Crippen LogP contribution is 2.38. The second-order valence-corrected chi connectivity index (χ2v) is 9.37. The minimum Gasteiger partial charge on any atom is -0.256 e. The molecule has 0 spiro atoms. The summed E-state index contributed by atoms with van der Waals surface area (Å²) in [4.78, 5) is 23.9. The molecule has 8 aromatic rings. The molecule has 5 heterocycles. The molecule has 0 aliphatic rings. The number of pyridine rings is 5. The number of aromatic nitrogens is 5. The highest BCUT2D eigenvalue weighted by atomic mass is 14.8. The van der Waals surface area contributed by atoms with Gasteiger partial charge in [-0.1, -0.05) is 54.6 Å². The quantitative estimate of drug-likeness (QED) is 0.185. The molecule has 0 saturated carbocycles. The summed E-state index contributed by atoms with van der Waals surface area (Å²) in [6.07, 6.45) is 7.42. The Bertz CT molecular complexity index is 2190. The Hall–Kier alpha value is -5.29. The molecule has 8 rings (SSSR count).